The summed E-state index contributed by atoms with van der Waals surface area (Å²) in [5.41, 5.74) is -1.09. The van der Waals surface area contributed by atoms with Crippen molar-refractivity contribution in [2.75, 3.05) is 13.2 Å². The third-order valence-corrected chi connectivity index (χ3v) is 8.04. The minimum absolute atomic E-state index is 0.440. The van der Waals surface area contributed by atoms with Crippen molar-refractivity contribution < 1.29 is 80.9 Å². The fraction of sp³-hybridized carbons (Fsp3) is 0.594. The van der Waals surface area contributed by atoms with Crippen LogP contribution in [0.4, 0.5) is 0 Å². The lowest BCUT2D eigenvalue weighted by atomic mass is 9.96. The Morgan fingerprint density at radius 1 is 0.520 bits per heavy atom. The van der Waals surface area contributed by atoms with Crippen molar-refractivity contribution in [3.05, 3.63) is 30.3 Å². The first-order valence-electron chi connectivity index (χ1n) is 15.4. The maximum Gasteiger partial charge on any atom is 0.303 e. The molecule has 2 saturated heterocycles. The van der Waals surface area contributed by atoms with E-state index in [0.29, 0.717) is 4.90 Å². The van der Waals surface area contributed by atoms with Crippen LogP contribution in [0.25, 0.3) is 0 Å². The van der Waals surface area contributed by atoms with Crippen molar-refractivity contribution in [1.29, 1.82) is 0 Å². The highest BCUT2D eigenvalue weighted by Crippen LogP contribution is 2.40. The molecule has 18 heteroatoms. The van der Waals surface area contributed by atoms with E-state index < -0.39 is 116 Å². The highest BCUT2D eigenvalue weighted by Gasteiger charge is 2.57. The summed E-state index contributed by atoms with van der Waals surface area (Å²) in [5, 5.41) is 0. The molecule has 0 N–H and O–H groups in total. The Labute approximate surface area is 291 Å². The number of hydrogen-bond acceptors (Lipinski definition) is 18. The normalized spacial score (nSPS) is 29.0. The summed E-state index contributed by atoms with van der Waals surface area (Å²) in [6, 6.07) is 8.82. The summed E-state index contributed by atoms with van der Waals surface area (Å²) in [6.45, 7) is 6.69. The van der Waals surface area contributed by atoms with Gasteiger partial charge in [-0.15, -0.1) is 0 Å². The number of rotatable bonds is 13. The third-order valence-electron chi connectivity index (χ3n) is 6.88. The first kappa shape index (κ1) is 40.2. The van der Waals surface area contributed by atoms with E-state index in [4.69, 9.17) is 47.4 Å². The smallest absolute Gasteiger partial charge is 0.303 e. The van der Waals surface area contributed by atoms with Gasteiger partial charge in [0.2, 0.25) is 0 Å². The van der Waals surface area contributed by atoms with Gasteiger partial charge in [-0.3, -0.25) is 33.6 Å². The Morgan fingerprint density at radius 3 is 1.42 bits per heavy atom. The molecule has 0 spiro atoms. The lowest BCUT2D eigenvalue weighted by molar-refractivity contribution is -0.340. The molecule has 0 amide bonds. The Hall–Kier alpha value is -4.26. The molecular formula is C32H40O17S. The summed E-state index contributed by atoms with van der Waals surface area (Å²) in [6.07, 6.45) is -13.5. The minimum atomic E-state index is -1.76. The van der Waals surface area contributed by atoms with E-state index in [2.05, 4.69) is 0 Å². The molecule has 2 aliphatic heterocycles. The molecule has 0 aliphatic carbocycles. The summed E-state index contributed by atoms with van der Waals surface area (Å²) < 4.78 is 56.9. The van der Waals surface area contributed by atoms with Crippen LogP contribution in [-0.2, 0) is 80.9 Å². The van der Waals surface area contributed by atoms with Gasteiger partial charge in [0.25, 0.3) is 0 Å². The minimum Gasteiger partial charge on any atom is -0.463 e. The Morgan fingerprint density at radius 2 is 0.940 bits per heavy atom. The average molecular weight is 729 g/mol. The zero-order valence-corrected chi connectivity index (χ0v) is 29.2. The standard InChI is InChI=1S/C32H40O17S/c1-15(33)40-13-23-25(42-17(3)35)27(44-19(5)37)29(45-20(6)38)31(47-23)49-28-26(43-18(4)36)24(14-41-16(2)34)48-32(30(28)46-21(7)39)50-22-11-9-8-10-12-22/h8-12,23-32H,13-14H2,1-7H3/t23-,24-,25-,26-,27+,28+,29-,30-,31+,32+/m1/s1. The molecule has 276 valence electrons. The summed E-state index contributed by atoms with van der Waals surface area (Å²) in [4.78, 5) is 86.2. The first-order valence-corrected chi connectivity index (χ1v) is 16.2. The molecule has 10 atom stereocenters. The van der Waals surface area contributed by atoms with E-state index in [0.717, 1.165) is 60.2 Å². The van der Waals surface area contributed by atoms with Crippen LogP contribution in [0, 0.1) is 0 Å². The highest BCUT2D eigenvalue weighted by molar-refractivity contribution is 7.99. The van der Waals surface area contributed by atoms with Crippen molar-refractivity contribution in [3.8, 4) is 0 Å². The van der Waals surface area contributed by atoms with Gasteiger partial charge < -0.3 is 47.4 Å². The van der Waals surface area contributed by atoms with Gasteiger partial charge in [-0.1, -0.05) is 30.0 Å². The predicted molar refractivity (Wildman–Crippen MR) is 166 cm³/mol. The van der Waals surface area contributed by atoms with Gasteiger partial charge in [-0.25, -0.2) is 0 Å². The third kappa shape index (κ3) is 12.0. The molecule has 0 aromatic heterocycles. The van der Waals surface area contributed by atoms with Crippen LogP contribution in [-0.4, -0.2) is 116 Å². The molecule has 0 radical (unpaired) electrons. The molecule has 1 aromatic rings. The number of benzene rings is 1. The van der Waals surface area contributed by atoms with E-state index in [9.17, 15) is 33.6 Å². The second-order valence-corrected chi connectivity index (χ2v) is 12.3. The van der Waals surface area contributed by atoms with Gasteiger partial charge in [0.1, 0.15) is 37.0 Å². The number of carbonyl (C=O) groups excluding carboxylic acids is 7. The number of esters is 7. The maximum atomic E-state index is 12.5. The van der Waals surface area contributed by atoms with Gasteiger partial charge in [0.05, 0.1) is 0 Å². The average Bonchev–Trinajstić information content (AvgIpc) is 3.00. The second-order valence-electron chi connectivity index (χ2n) is 11.1. The fourth-order valence-electron chi connectivity index (χ4n) is 5.20. The van der Waals surface area contributed by atoms with Gasteiger partial charge in [0.15, 0.2) is 36.8 Å². The quantitative estimate of drug-likeness (QED) is 0.207. The fourth-order valence-corrected chi connectivity index (χ4v) is 6.32. The van der Waals surface area contributed by atoms with Crippen LogP contribution in [0.3, 0.4) is 0 Å². The van der Waals surface area contributed by atoms with Crippen LogP contribution in [0.15, 0.2) is 35.2 Å². The molecule has 17 nitrogen and oxygen atoms in total. The Balaban J connectivity index is 2.19. The van der Waals surface area contributed by atoms with Crippen molar-refractivity contribution >= 4 is 53.5 Å². The van der Waals surface area contributed by atoms with Gasteiger partial charge >= 0.3 is 41.8 Å². The monoisotopic (exact) mass is 728 g/mol. The van der Waals surface area contributed by atoms with Crippen molar-refractivity contribution in [2.24, 2.45) is 0 Å². The number of carbonyl (C=O) groups is 7. The molecule has 2 fully saturated rings. The number of ether oxygens (including phenoxy) is 10. The number of thioether (sulfide) groups is 1. The van der Waals surface area contributed by atoms with Crippen molar-refractivity contribution in [1.82, 2.24) is 0 Å². The summed E-state index contributed by atoms with van der Waals surface area (Å²) in [7, 11) is 0. The molecule has 1 aromatic carbocycles. The summed E-state index contributed by atoms with van der Waals surface area (Å²) >= 11 is 1.11. The molecular weight excluding hydrogens is 688 g/mol. The molecule has 0 saturated carbocycles. The zero-order valence-electron chi connectivity index (χ0n) is 28.4. The van der Waals surface area contributed by atoms with Crippen LogP contribution in [0.2, 0.25) is 0 Å². The SMILES string of the molecule is CC(=O)OC[C@H]1O[C@@H](Sc2ccccc2)[C@H](OC(C)=O)[C@@H](O[C@@H]2O[C@H](COC(C)=O)[C@@H](OC(C)=O)[C@H](OC(C)=O)[C@H]2OC(C)=O)[C@@H]1OC(C)=O. The number of hydrogen-bond donors (Lipinski definition) is 0. The Kier molecular flexibility index (Phi) is 15.0. The van der Waals surface area contributed by atoms with Crippen LogP contribution >= 0.6 is 11.8 Å². The first-order chi connectivity index (χ1) is 23.5. The topological polar surface area (TPSA) is 212 Å². The zero-order chi connectivity index (χ0) is 37.1. The lowest BCUT2D eigenvalue weighted by Crippen LogP contribution is -2.67. The molecule has 3 rings (SSSR count). The van der Waals surface area contributed by atoms with E-state index in [-0.39, 0.29) is 0 Å². The lowest BCUT2D eigenvalue weighted by Gasteiger charge is -2.48. The predicted octanol–water partition coefficient (Wildman–Crippen LogP) is 1.40. The summed E-state index contributed by atoms with van der Waals surface area (Å²) in [5.74, 6) is -5.63. The van der Waals surface area contributed by atoms with E-state index in [1.807, 2.05) is 0 Å². The van der Waals surface area contributed by atoms with E-state index >= 15 is 0 Å². The van der Waals surface area contributed by atoms with Gasteiger partial charge in [-0.05, 0) is 12.1 Å². The van der Waals surface area contributed by atoms with Crippen molar-refractivity contribution in [3.63, 3.8) is 0 Å². The largest absolute Gasteiger partial charge is 0.463 e. The molecule has 0 bridgehead atoms. The second kappa shape index (κ2) is 18.7. The van der Waals surface area contributed by atoms with Gasteiger partial charge in [-0.2, -0.15) is 0 Å². The van der Waals surface area contributed by atoms with Crippen LogP contribution < -0.4 is 0 Å². The molecule has 2 heterocycles. The maximum absolute atomic E-state index is 12.5. The molecule has 2 aliphatic rings. The Bertz CT molecular complexity index is 1390. The molecule has 0 unspecified atom stereocenters. The van der Waals surface area contributed by atoms with Crippen molar-refractivity contribution in [2.45, 2.75) is 114 Å². The molecule has 50 heavy (non-hydrogen) atoms. The highest BCUT2D eigenvalue weighted by atomic mass is 32.2. The van der Waals surface area contributed by atoms with E-state index in [1.54, 1.807) is 30.3 Å². The van der Waals surface area contributed by atoms with Gasteiger partial charge in [0, 0.05) is 53.4 Å². The van der Waals surface area contributed by atoms with Crippen LogP contribution in [0.5, 0.6) is 0 Å². The van der Waals surface area contributed by atoms with Crippen LogP contribution in [0.1, 0.15) is 48.5 Å². The van der Waals surface area contributed by atoms with E-state index in [1.165, 1.54) is 0 Å².